The van der Waals surface area contributed by atoms with E-state index in [-0.39, 0.29) is 0 Å². The van der Waals surface area contributed by atoms with Gasteiger partial charge in [-0.2, -0.15) is 0 Å². The summed E-state index contributed by atoms with van der Waals surface area (Å²) in [6.45, 7) is 10.1. The van der Waals surface area contributed by atoms with Gasteiger partial charge in [0.25, 0.3) is 0 Å². The van der Waals surface area contributed by atoms with Crippen LogP contribution in [0.25, 0.3) is 11.4 Å². The maximum absolute atomic E-state index is 12.8. The Balaban J connectivity index is 2.33. The lowest BCUT2D eigenvalue weighted by Crippen LogP contribution is -2.17. The van der Waals surface area contributed by atoms with Crippen molar-refractivity contribution >= 4 is 15.6 Å². The topological polar surface area (TPSA) is 61.1 Å². The molecule has 0 radical (unpaired) electrons. The van der Waals surface area contributed by atoms with Gasteiger partial charge in [0.05, 0.1) is 11.4 Å². The Hall–Kier alpha value is -2.60. The van der Waals surface area contributed by atoms with Crippen LogP contribution in [0.5, 0.6) is 0 Å². The summed E-state index contributed by atoms with van der Waals surface area (Å²) in [5.74, 6) is -0.891. The van der Waals surface area contributed by atoms with E-state index in [2.05, 4.69) is 9.13 Å². The lowest BCUT2D eigenvalue weighted by atomic mass is 10.0. The first-order valence-electron chi connectivity index (χ1n) is 9.16. The van der Waals surface area contributed by atoms with E-state index in [1.54, 1.807) is 12.1 Å². The van der Waals surface area contributed by atoms with E-state index in [9.17, 15) is 13.2 Å². The molecule has 0 fully saturated rings. The van der Waals surface area contributed by atoms with Gasteiger partial charge in [-0.25, -0.2) is 8.42 Å². The monoisotopic (exact) mass is 398 g/mol. The van der Waals surface area contributed by atoms with Crippen LogP contribution in [0.1, 0.15) is 38.7 Å². The first-order valence-corrected chi connectivity index (χ1v) is 11.2. The van der Waals surface area contributed by atoms with Crippen molar-refractivity contribution in [2.75, 3.05) is 12.0 Å². The highest BCUT2D eigenvalue weighted by Gasteiger charge is 2.20. The standard InChI is InChI=1S/C22H26N2O3S/c1-14-7-8-15(2)23(14)20-11-19(22(25)13-28(6,26)27)12-21(18(20)5)24-16(3)9-10-17(24)4/h7-12H,13H2,1-6H3. The third kappa shape index (κ3) is 3.69. The third-order valence-electron chi connectivity index (χ3n) is 5.09. The minimum Gasteiger partial charge on any atom is -0.318 e. The van der Waals surface area contributed by atoms with Crippen LogP contribution >= 0.6 is 0 Å². The second-order valence-electron chi connectivity index (χ2n) is 7.54. The predicted octanol–water partition coefficient (Wildman–Crippen LogP) is 4.04. The number of rotatable bonds is 5. The molecule has 0 bridgehead atoms. The molecule has 0 spiro atoms. The summed E-state index contributed by atoms with van der Waals surface area (Å²) in [6, 6.07) is 11.7. The van der Waals surface area contributed by atoms with Gasteiger partial charge in [-0.1, -0.05) is 0 Å². The van der Waals surface area contributed by atoms with Crippen molar-refractivity contribution in [3.05, 3.63) is 70.3 Å². The van der Waals surface area contributed by atoms with E-state index in [1.807, 2.05) is 58.9 Å². The fourth-order valence-corrected chi connectivity index (χ4v) is 4.37. The van der Waals surface area contributed by atoms with Gasteiger partial charge in [-0.05, 0) is 76.6 Å². The molecule has 3 aromatic rings. The molecule has 0 saturated heterocycles. The first kappa shape index (κ1) is 20.1. The zero-order valence-corrected chi connectivity index (χ0v) is 18.0. The van der Waals surface area contributed by atoms with Crippen molar-refractivity contribution in [2.45, 2.75) is 34.6 Å². The van der Waals surface area contributed by atoms with Gasteiger partial charge in [-0.3, -0.25) is 4.79 Å². The van der Waals surface area contributed by atoms with Crippen LogP contribution in [0, 0.1) is 34.6 Å². The first-order chi connectivity index (χ1) is 13.0. The van der Waals surface area contributed by atoms with Crippen molar-refractivity contribution in [2.24, 2.45) is 0 Å². The van der Waals surface area contributed by atoms with E-state index in [4.69, 9.17) is 0 Å². The Morgan fingerprint density at radius 3 is 1.46 bits per heavy atom. The van der Waals surface area contributed by atoms with Crippen molar-refractivity contribution in [1.29, 1.82) is 0 Å². The summed E-state index contributed by atoms with van der Waals surface area (Å²) in [5.41, 5.74) is 7.44. The van der Waals surface area contributed by atoms with Crippen molar-refractivity contribution < 1.29 is 13.2 Å². The number of nitrogens with zero attached hydrogens (tertiary/aromatic N) is 2. The van der Waals surface area contributed by atoms with E-state index >= 15 is 0 Å². The quantitative estimate of drug-likeness (QED) is 0.610. The molecule has 0 atom stereocenters. The molecule has 2 aromatic heterocycles. The van der Waals surface area contributed by atoms with Crippen molar-refractivity contribution in [3.8, 4) is 11.4 Å². The second-order valence-corrected chi connectivity index (χ2v) is 9.68. The summed E-state index contributed by atoms with van der Waals surface area (Å²) in [6.07, 6.45) is 1.08. The van der Waals surface area contributed by atoms with Crippen LogP contribution in [0.3, 0.4) is 0 Å². The largest absolute Gasteiger partial charge is 0.318 e. The molecule has 2 heterocycles. The zero-order chi connectivity index (χ0) is 20.8. The normalized spacial score (nSPS) is 11.8. The molecular formula is C22H26N2O3S. The minimum absolute atomic E-state index is 0.394. The number of benzene rings is 1. The van der Waals surface area contributed by atoms with Crippen LogP contribution < -0.4 is 0 Å². The summed E-state index contributed by atoms with van der Waals surface area (Å²) >= 11 is 0. The van der Waals surface area contributed by atoms with Crippen LogP contribution in [-0.4, -0.2) is 35.3 Å². The number of sulfone groups is 1. The molecule has 0 aliphatic rings. The number of Topliss-reactive ketones (excluding diaryl/α,β-unsaturated/α-hetero) is 1. The summed E-state index contributed by atoms with van der Waals surface area (Å²) in [5, 5.41) is 0. The Bertz CT molecular complexity index is 1070. The summed E-state index contributed by atoms with van der Waals surface area (Å²) in [4.78, 5) is 12.8. The highest BCUT2D eigenvalue weighted by Crippen LogP contribution is 2.29. The predicted molar refractivity (Wildman–Crippen MR) is 113 cm³/mol. The molecule has 1 aromatic carbocycles. The lowest BCUT2D eigenvalue weighted by Gasteiger charge is -2.20. The van der Waals surface area contributed by atoms with Gasteiger partial charge in [-0.15, -0.1) is 0 Å². The molecule has 28 heavy (non-hydrogen) atoms. The maximum Gasteiger partial charge on any atom is 0.178 e. The fourth-order valence-electron chi connectivity index (χ4n) is 3.73. The van der Waals surface area contributed by atoms with E-state index in [0.29, 0.717) is 5.56 Å². The molecule has 5 nitrogen and oxygen atoms in total. The van der Waals surface area contributed by atoms with Crippen LogP contribution in [0.2, 0.25) is 0 Å². The van der Waals surface area contributed by atoms with Crippen LogP contribution in [-0.2, 0) is 9.84 Å². The third-order valence-corrected chi connectivity index (χ3v) is 5.88. The van der Waals surface area contributed by atoms with E-state index in [0.717, 1.165) is 46.0 Å². The number of aryl methyl sites for hydroxylation is 4. The average molecular weight is 399 g/mol. The Labute approximate surface area is 166 Å². The molecular weight excluding hydrogens is 372 g/mol. The number of carbonyl (C=O) groups is 1. The SMILES string of the molecule is Cc1c(-n2c(C)ccc2C)cc(C(=O)CS(C)(=O)=O)cc1-n1c(C)ccc1C. The van der Waals surface area contributed by atoms with Gasteiger partial charge >= 0.3 is 0 Å². The van der Waals surface area contributed by atoms with Gasteiger partial charge in [0.2, 0.25) is 0 Å². The number of hydrogen-bond donors (Lipinski definition) is 0. The van der Waals surface area contributed by atoms with Gasteiger partial charge in [0.1, 0.15) is 5.75 Å². The molecule has 0 unspecified atom stereocenters. The Kier molecular flexibility index (Phi) is 5.10. The highest BCUT2D eigenvalue weighted by atomic mass is 32.2. The average Bonchev–Trinajstić information content (AvgIpc) is 3.08. The lowest BCUT2D eigenvalue weighted by molar-refractivity contribution is 0.102. The molecule has 0 aliphatic heterocycles. The van der Waals surface area contributed by atoms with E-state index < -0.39 is 21.4 Å². The van der Waals surface area contributed by atoms with E-state index in [1.165, 1.54) is 0 Å². The highest BCUT2D eigenvalue weighted by molar-refractivity contribution is 7.91. The fraction of sp³-hybridized carbons (Fsp3) is 0.318. The van der Waals surface area contributed by atoms with Crippen molar-refractivity contribution in [1.82, 2.24) is 9.13 Å². The number of ketones is 1. The maximum atomic E-state index is 12.8. The smallest absolute Gasteiger partial charge is 0.178 e. The molecule has 3 rings (SSSR count). The molecule has 148 valence electrons. The van der Waals surface area contributed by atoms with Gasteiger partial charge < -0.3 is 9.13 Å². The minimum atomic E-state index is -3.41. The molecule has 0 amide bonds. The summed E-state index contributed by atoms with van der Waals surface area (Å²) in [7, 11) is -3.41. The number of hydrogen-bond acceptors (Lipinski definition) is 3. The molecule has 0 N–H and O–H groups in total. The number of aromatic nitrogens is 2. The molecule has 0 aliphatic carbocycles. The Morgan fingerprint density at radius 2 is 1.14 bits per heavy atom. The summed E-state index contributed by atoms with van der Waals surface area (Å²) < 4.78 is 27.6. The van der Waals surface area contributed by atoms with Gasteiger partial charge in [0.15, 0.2) is 15.6 Å². The molecule has 0 saturated carbocycles. The van der Waals surface area contributed by atoms with Crippen molar-refractivity contribution in [3.63, 3.8) is 0 Å². The number of carbonyl (C=O) groups excluding carboxylic acids is 1. The van der Waals surface area contributed by atoms with Crippen LogP contribution in [0.4, 0.5) is 0 Å². The van der Waals surface area contributed by atoms with Crippen LogP contribution in [0.15, 0.2) is 36.4 Å². The van der Waals surface area contributed by atoms with Gasteiger partial charge in [0, 0.05) is 34.6 Å². The molecule has 6 heteroatoms. The Morgan fingerprint density at radius 1 is 0.786 bits per heavy atom. The zero-order valence-electron chi connectivity index (χ0n) is 17.2. The second kappa shape index (κ2) is 7.09.